The number of anilines is 1. The number of nitrogens with two attached hydrogens (primary N) is 1. The molecule has 0 aromatic heterocycles. The van der Waals surface area contributed by atoms with Crippen molar-refractivity contribution in [3.05, 3.63) is 60.4 Å². The van der Waals surface area contributed by atoms with Gasteiger partial charge in [-0.3, -0.25) is 5.84 Å². The van der Waals surface area contributed by atoms with Crippen LogP contribution >= 0.6 is 0 Å². The highest BCUT2D eigenvalue weighted by atomic mass is 19.1. The van der Waals surface area contributed by atoms with E-state index in [9.17, 15) is 8.78 Å². The third-order valence-corrected chi connectivity index (χ3v) is 2.06. The molecule has 0 unspecified atom stereocenters. The van der Waals surface area contributed by atoms with Gasteiger partial charge in [-0.2, -0.15) is 0 Å². The number of hydrogen-bond donors (Lipinski definition) is 2. The van der Waals surface area contributed by atoms with Crippen LogP contribution in [0.1, 0.15) is 6.92 Å². The van der Waals surface area contributed by atoms with Gasteiger partial charge in [0, 0.05) is 6.07 Å². The standard InChI is InChI=1S/C13H14F2N2O/c1-3-5-13(10(14)4-2)18-9-6-7-12(17-16)11(15)8-9/h3-8,17H,2,16H2,1H3/b5-3-,13-10-. The molecule has 3 N–H and O–H groups in total. The molecular weight excluding hydrogens is 238 g/mol. The first-order valence-corrected chi connectivity index (χ1v) is 5.21. The molecule has 0 bridgehead atoms. The van der Waals surface area contributed by atoms with Crippen LogP contribution in [0.5, 0.6) is 5.75 Å². The molecule has 0 fully saturated rings. The number of nitrogens with one attached hydrogen (secondary N) is 1. The summed E-state index contributed by atoms with van der Waals surface area (Å²) in [5.74, 6) is 4.00. The van der Waals surface area contributed by atoms with E-state index >= 15 is 0 Å². The van der Waals surface area contributed by atoms with Crippen LogP contribution in [-0.2, 0) is 0 Å². The van der Waals surface area contributed by atoms with Crippen molar-refractivity contribution in [2.75, 3.05) is 5.43 Å². The monoisotopic (exact) mass is 252 g/mol. The number of hydrazine groups is 1. The summed E-state index contributed by atoms with van der Waals surface area (Å²) < 4.78 is 32.0. The molecule has 0 aliphatic carbocycles. The Labute approximate surface area is 104 Å². The third-order valence-electron chi connectivity index (χ3n) is 2.06. The minimum absolute atomic E-state index is 0.0413. The first kappa shape index (κ1) is 13.9. The fourth-order valence-corrected chi connectivity index (χ4v) is 1.22. The molecule has 0 saturated carbocycles. The Hall–Kier alpha value is -2.14. The Morgan fingerprint density at radius 1 is 1.50 bits per heavy atom. The summed E-state index contributed by atoms with van der Waals surface area (Å²) in [7, 11) is 0. The highest BCUT2D eigenvalue weighted by Crippen LogP contribution is 2.23. The highest BCUT2D eigenvalue weighted by Gasteiger charge is 2.07. The van der Waals surface area contributed by atoms with Crippen molar-refractivity contribution in [2.24, 2.45) is 5.84 Å². The van der Waals surface area contributed by atoms with E-state index in [0.717, 1.165) is 12.1 Å². The summed E-state index contributed by atoms with van der Waals surface area (Å²) in [6.45, 7) is 5.01. The molecule has 96 valence electrons. The van der Waals surface area contributed by atoms with Gasteiger partial charge in [-0.05, 0) is 31.2 Å². The van der Waals surface area contributed by atoms with E-state index in [1.165, 1.54) is 18.2 Å². The average Bonchev–Trinajstić information content (AvgIpc) is 2.37. The van der Waals surface area contributed by atoms with Gasteiger partial charge in [-0.25, -0.2) is 8.78 Å². The largest absolute Gasteiger partial charge is 0.454 e. The lowest BCUT2D eigenvalue weighted by atomic mass is 10.3. The number of rotatable bonds is 5. The van der Waals surface area contributed by atoms with Crippen LogP contribution in [0.2, 0.25) is 0 Å². The molecule has 18 heavy (non-hydrogen) atoms. The molecule has 0 heterocycles. The van der Waals surface area contributed by atoms with Gasteiger partial charge in [-0.15, -0.1) is 0 Å². The Balaban J connectivity index is 3.02. The van der Waals surface area contributed by atoms with Gasteiger partial charge in [0.05, 0.1) is 5.69 Å². The lowest BCUT2D eigenvalue weighted by Crippen LogP contribution is -2.08. The van der Waals surface area contributed by atoms with Crippen LogP contribution in [0.4, 0.5) is 14.5 Å². The zero-order valence-electron chi connectivity index (χ0n) is 9.91. The van der Waals surface area contributed by atoms with Crippen LogP contribution in [0.3, 0.4) is 0 Å². The van der Waals surface area contributed by atoms with E-state index in [-0.39, 0.29) is 17.2 Å². The SMILES string of the molecule is C=C/C(F)=C(\C=C/C)Oc1ccc(NN)c(F)c1. The zero-order chi connectivity index (χ0) is 13.5. The highest BCUT2D eigenvalue weighted by molar-refractivity contribution is 5.47. The Kier molecular flexibility index (Phi) is 5.07. The molecular formula is C13H14F2N2O. The molecule has 0 radical (unpaired) electrons. The fourth-order valence-electron chi connectivity index (χ4n) is 1.22. The number of nitrogen functional groups attached to an aromatic ring is 1. The molecule has 0 saturated heterocycles. The van der Waals surface area contributed by atoms with Crippen molar-refractivity contribution in [2.45, 2.75) is 6.92 Å². The van der Waals surface area contributed by atoms with E-state index < -0.39 is 11.6 Å². The smallest absolute Gasteiger partial charge is 0.165 e. The molecule has 0 atom stereocenters. The second-order valence-corrected chi connectivity index (χ2v) is 3.30. The van der Waals surface area contributed by atoms with Crippen LogP contribution < -0.4 is 16.0 Å². The van der Waals surface area contributed by atoms with Crippen LogP contribution in [0, 0.1) is 5.82 Å². The molecule has 1 aromatic carbocycles. The summed E-state index contributed by atoms with van der Waals surface area (Å²) in [6.07, 6.45) is 4.04. The van der Waals surface area contributed by atoms with Crippen molar-refractivity contribution in [3.8, 4) is 5.75 Å². The first-order valence-electron chi connectivity index (χ1n) is 5.21. The maximum Gasteiger partial charge on any atom is 0.165 e. The summed E-state index contributed by atoms with van der Waals surface area (Å²) in [5, 5.41) is 0. The second-order valence-electron chi connectivity index (χ2n) is 3.30. The molecule has 1 aromatic rings. The first-order chi connectivity index (χ1) is 8.62. The van der Waals surface area contributed by atoms with Gasteiger partial charge < -0.3 is 10.2 Å². The Bertz CT molecular complexity index is 496. The summed E-state index contributed by atoms with van der Waals surface area (Å²) in [6, 6.07) is 3.97. The van der Waals surface area contributed by atoms with Gasteiger partial charge in [-0.1, -0.05) is 12.7 Å². The topological polar surface area (TPSA) is 47.3 Å². The van der Waals surface area contributed by atoms with Gasteiger partial charge >= 0.3 is 0 Å². The van der Waals surface area contributed by atoms with Crippen LogP contribution in [0.25, 0.3) is 0 Å². The Morgan fingerprint density at radius 2 is 2.22 bits per heavy atom. The molecule has 0 aliphatic rings. The third kappa shape index (κ3) is 3.43. The predicted molar refractivity (Wildman–Crippen MR) is 68.0 cm³/mol. The van der Waals surface area contributed by atoms with Crippen molar-refractivity contribution >= 4 is 5.69 Å². The van der Waals surface area contributed by atoms with Crippen molar-refractivity contribution in [1.29, 1.82) is 0 Å². The van der Waals surface area contributed by atoms with E-state index in [1.54, 1.807) is 13.0 Å². The average molecular weight is 252 g/mol. The van der Waals surface area contributed by atoms with E-state index in [1.807, 2.05) is 0 Å². The van der Waals surface area contributed by atoms with E-state index in [4.69, 9.17) is 10.6 Å². The maximum atomic E-state index is 13.4. The van der Waals surface area contributed by atoms with Crippen LogP contribution in [0.15, 0.2) is 54.6 Å². The number of halogens is 2. The number of allylic oxidation sites excluding steroid dienone is 4. The molecule has 3 nitrogen and oxygen atoms in total. The molecule has 0 spiro atoms. The summed E-state index contributed by atoms with van der Waals surface area (Å²) in [4.78, 5) is 0. The quantitative estimate of drug-likeness (QED) is 0.365. The normalized spacial score (nSPS) is 12.2. The molecule has 0 aliphatic heterocycles. The van der Waals surface area contributed by atoms with Crippen molar-refractivity contribution in [3.63, 3.8) is 0 Å². The van der Waals surface area contributed by atoms with E-state index in [2.05, 4.69) is 12.0 Å². The van der Waals surface area contributed by atoms with Gasteiger partial charge in [0.15, 0.2) is 17.4 Å². The molecule has 1 rings (SSSR count). The summed E-state index contributed by atoms with van der Waals surface area (Å²) >= 11 is 0. The van der Waals surface area contributed by atoms with Gasteiger partial charge in [0.25, 0.3) is 0 Å². The molecule has 0 amide bonds. The van der Waals surface area contributed by atoms with Crippen LogP contribution in [-0.4, -0.2) is 0 Å². The number of hydrogen-bond acceptors (Lipinski definition) is 3. The number of benzene rings is 1. The number of ether oxygens (including phenoxy) is 1. The second kappa shape index (κ2) is 6.56. The zero-order valence-corrected chi connectivity index (χ0v) is 9.91. The van der Waals surface area contributed by atoms with E-state index in [0.29, 0.717) is 0 Å². The van der Waals surface area contributed by atoms with Crippen molar-refractivity contribution < 1.29 is 13.5 Å². The molecule has 5 heteroatoms. The summed E-state index contributed by atoms with van der Waals surface area (Å²) in [5.41, 5.74) is 2.32. The minimum atomic E-state index is -0.630. The lowest BCUT2D eigenvalue weighted by molar-refractivity contribution is 0.416. The van der Waals surface area contributed by atoms with Gasteiger partial charge in [0.1, 0.15) is 5.75 Å². The Morgan fingerprint density at radius 3 is 2.72 bits per heavy atom. The van der Waals surface area contributed by atoms with Crippen molar-refractivity contribution in [1.82, 2.24) is 0 Å². The fraction of sp³-hybridized carbons (Fsp3) is 0.0769. The lowest BCUT2D eigenvalue weighted by Gasteiger charge is -2.08. The van der Waals surface area contributed by atoms with Gasteiger partial charge in [0.2, 0.25) is 0 Å². The minimum Gasteiger partial charge on any atom is -0.454 e. The predicted octanol–water partition coefficient (Wildman–Crippen LogP) is 3.43. The maximum absolute atomic E-state index is 13.4.